The van der Waals surface area contributed by atoms with Gasteiger partial charge in [0.15, 0.2) is 0 Å². The van der Waals surface area contributed by atoms with E-state index < -0.39 is 0 Å². The van der Waals surface area contributed by atoms with E-state index in [2.05, 4.69) is 33.6 Å². The quantitative estimate of drug-likeness (QED) is 0.736. The number of anilines is 1. The molecule has 1 saturated heterocycles. The van der Waals surface area contributed by atoms with Crippen molar-refractivity contribution in [1.29, 1.82) is 0 Å². The maximum absolute atomic E-state index is 5.88. The molecule has 0 saturated carbocycles. The van der Waals surface area contributed by atoms with E-state index in [1.807, 2.05) is 6.07 Å². The van der Waals surface area contributed by atoms with Gasteiger partial charge >= 0.3 is 0 Å². The van der Waals surface area contributed by atoms with E-state index >= 15 is 0 Å². The molecule has 0 amide bonds. The predicted molar refractivity (Wildman–Crippen MR) is 66.0 cm³/mol. The summed E-state index contributed by atoms with van der Waals surface area (Å²) in [5, 5.41) is 0.509. The highest BCUT2D eigenvalue weighted by atomic mass is 35.5. The Morgan fingerprint density at radius 2 is 2.25 bits per heavy atom. The molecule has 0 aliphatic carbocycles. The zero-order chi connectivity index (χ0) is 11.5. The fourth-order valence-electron chi connectivity index (χ4n) is 2.14. The third kappa shape index (κ3) is 2.44. The molecule has 1 aliphatic heterocycles. The molecular weight excluding hydrogens is 224 g/mol. The summed E-state index contributed by atoms with van der Waals surface area (Å²) in [7, 11) is 0. The molecular formula is C11H17ClN4. The van der Waals surface area contributed by atoms with E-state index in [1.165, 1.54) is 6.33 Å². The van der Waals surface area contributed by atoms with Crippen LogP contribution in [-0.4, -0.2) is 47.1 Å². The van der Waals surface area contributed by atoms with Crippen LogP contribution in [-0.2, 0) is 0 Å². The predicted octanol–water partition coefficient (Wildman–Crippen LogP) is 1.66. The first-order valence-corrected chi connectivity index (χ1v) is 6.05. The Hall–Kier alpha value is -0.870. The van der Waals surface area contributed by atoms with Crippen molar-refractivity contribution in [2.45, 2.75) is 19.9 Å². The summed E-state index contributed by atoms with van der Waals surface area (Å²) >= 11 is 5.88. The molecule has 5 heteroatoms. The first-order valence-electron chi connectivity index (χ1n) is 5.67. The SMILES string of the molecule is CCN1CCN(c2cc(Cl)ncn2)[C@H](C)C1. The van der Waals surface area contributed by atoms with Crippen LogP contribution in [0.2, 0.25) is 5.15 Å². The molecule has 0 N–H and O–H groups in total. The molecule has 1 fully saturated rings. The molecule has 16 heavy (non-hydrogen) atoms. The molecule has 2 heterocycles. The lowest BCUT2D eigenvalue weighted by molar-refractivity contribution is 0.239. The molecule has 4 nitrogen and oxygen atoms in total. The second-order valence-corrected chi connectivity index (χ2v) is 4.52. The van der Waals surface area contributed by atoms with E-state index in [1.54, 1.807) is 0 Å². The van der Waals surface area contributed by atoms with Crippen LogP contribution in [0.4, 0.5) is 5.82 Å². The van der Waals surface area contributed by atoms with Gasteiger partial charge in [-0.05, 0) is 13.5 Å². The van der Waals surface area contributed by atoms with E-state index in [-0.39, 0.29) is 0 Å². The first kappa shape index (κ1) is 11.6. The highest BCUT2D eigenvalue weighted by Crippen LogP contribution is 2.19. The van der Waals surface area contributed by atoms with Crippen LogP contribution in [0.15, 0.2) is 12.4 Å². The van der Waals surface area contributed by atoms with Gasteiger partial charge in [0.05, 0.1) is 0 Å². The van der Waals surface area contributed by atoms with Gasteiger partial charge in [0.25, 0.3) is 0 Å². The summed E-state index contributed by atoms with van der Waals surface area (Å²) in [6.45, 7) is 8.70. The number of aromatic nitrogens is 2. The van der Waals surface area contributed by atoms with Crippen LogP contribution in [0.1, 0.15) is 13.8 Å². The average Bonchev–Trinajstić information content (AvgIpc) is 2.28. The maximum atomic E-state index is 5.88. The highest BCUT2D eigenvalue weighted by molar-refractivity contribution is 6.29. The standard InChI is InChI=1S/C11H17ClN4/c1-3-15-4-5-16(9(2)7-15)11-6-10(12)13-8-14-11/h6,8-9H,3-5,7H2,1-2H3/t9-/m1/s1. The number of hydrogen-bond donors (Lipinski definition) is 0. The summed E-state index contributed by atoms with van der Waals surface area (Å²) in [4.78, 5) is 12.9. The van der Waals surface area contributed by atoms with Crippen LogP contribution >= 0.6 is 11.6 Å². The highest BCUT2D eigenvalue weighted by Gasteiger charge is 2.23. The number of nitrogens with zero attached hydrogens (tertiary/aromatic N) is 4. The van der Waals surface area contributed by atoms with Gasteiger partial charge in [0.1, 0.15) is 17.3 Å². The lowest BCUT2D eigenvalue weighted by Gasteiger charge is -2.40. The van der Waals surface area contributed by atoms with Crippen molar-refractivity contribution < 1.29 is 0 Å². The fraction of sp³-hybridized carbons (Fsp3) is 0.636. The molecule has 0 bridgehead atoms. The Balaban J connectivity index is 2.11. The van der Waals surface area contributed by atoms with E-state index in [0.717, 1.165) is 32.0 Å². The Morgan fingerprint density at radius 3 is 2.88 bits per heavy atom. The molecule has 0 spiro atoms. The van der Waals surface area contributed by atoms with Crippen molar-refractivity contribution in [2.24, 2.45) is 0 Å². The van der Waals surface area contributed by atoms with Gasteiger partial charge in [-0.3, -0.25) is 4.90 Å². The van der Waals surface area contributed by atoms with Gasteiger partial charge in [-0.15, -0.1) is 0 Å². The molecule has 1 atom stereocenters. The molecule has 1 aliphatic rings. The molecule has 0 unspecified atom stereocenters. The molecule has 88 valence electrons. The molecule has 0 aromatic carbocycles. The first-order chi connectivity index (χ1) is 7.70. The van der Waals surface area contributed by atoms with E-state index in [4.69, 9.17) is 11.6 Å². The average molecular weight is 241 g/mol. The van der Waals surface area contributed by atoms with Crippen LogP contribution in [0, 0.1) is 0 Å². The molecule has 1 aromatic rings. The summed E-state index contributed by atoms with van der Waals surface area (Å²) < 4.78 is 0. The Morgan fingerprint density at radius 1 is 1.44 bits per heavy atom. The second-order valence-electron chi connectivity index (χ2n) is 4.13. The lowest BCUT2D eigenvalue weighted by Crippen LogP contribution is -2.52. The zero-order valence-electron chi connectivity index (χ0n) is 9.73. The summed E-state index contributed by atoms with van der Waals surface area (Å²) in [6.07, 6.45) is 1.52. The minimum absolute atomic E-state index is 0.472. The fourth-order valence-corrected chi connectivity index (χ4v) is 2.28. The van der Waals surface area contributed by atoms with Crippen molar-refractivity contribution in [3.8, 4) is 0 Å². The van der Waals surface area contributed by atoms with Crippen LogP contribution in [0.5, 0.6) is 0 Å². The smallest absolute Gasteiger partial charge is 0.134 e. The van der Waals surface area contributed by atoms with Gasteiger partial charge < -0.3 is 4.90 Å². The Bertz CT molecular complexity index is 358. The monoisotopic (exact) mass is 240 g/mol. The summed E-state index contributed by atoms with van der Waals surface area (Å²) in [5.74, 6) is 0.934. The molecule has 0 radical (unpaired) electrons. The third-order valence-electron chi connectivity index (χ3n) is 3.07. The van der Waals surface area contributed by atoms with Crippen molar-refractivity contribution >= 4 is 17.4 Å². The normalized spacial score (nSPS) is 22.4. The van der Waals surface area contributed by atoms with Crippen molar-refractivity contribution in [3.63, 3.8) is 0 Å². The topological polar surface area (TPSA) is 32.3 Å². The van der Waals surface area contributed by atoms with Gasteiger partial charge in [0, 0.05) is 31.7 Å². The third-order valence-corrected chi connectivity index (χ3v) is 3.28. The minimum Gasteiger partial charge on any atom is -0.351 e. The Kier molecular flexibility index (Phi) is 3.61. The van der Waals surface area contributed by atoms with Crippen LogP contribution in [0.3, 0.4) is 0 Å². The number of piperazine rings is 1. The zero-order valence-corrected chi connectivity index (χ0v) is 10.5. The summed E-state index contributed by atoms with van der Waals surface area (Å²) in [5.41, 5.74) is 0. The van der Waals surface area contributed by atoms with Crippen molar-refractivity contribution in [3.05, 3.63) is 17.5 Å². The molecule has 2 rings (SSSR count). The summed E-state index contributed by atoms with van der Waals surface area (Å²) in [6, 6.07) is 2.30. The number of likely N-dealkylation sites (N-methyl/N-ethyl adjacent to an activating group) is 1. The van der Waals surface area contributed by atoms with Gasteiger partial charge in [-0.2, -0.15) is 0 Å². The van der Waals surface area contributed by atoms with Gasteiger partial charge in [0.2, 0.25) is 0 Å². The number of hydrogen-bond acceptors (Lipinski definition) is 4. The van der Waals surface area contributed by atoms with E-state index in [0.29, 0.717) is 11.2 Å². The Labute approximate surface area is 101 Å². The van der Waals surface area contributed by atoms with Crippen molar-refractivity contribution in [1.82, 2.24) is 14.9 Å². The van der Waals surface area contributed by atoms with Crippen molar-refractivity contribution in [2.75, 3.05) is 31.1 Å². The minimum atomic E-state index is 0.472. The van der Waals surface area contributed by atoms with E-state index in [9.17, 15) is 0 Å². The van der Waals surface area contributed by atoms with Crippen LogP contribution in [0.25, 0.3) is 0 Å². The lowest BCUT2D eigenvalue weighted by atomic mass is 10.2. The van der Waals surface area contributed by atoms with Gasteiger partial charge in [-0.1, -0.05) is 18.5 Å². The van der Waals surface area contributed by atoms with Crippen LogP contribution < -0.4 is 4.90 Å². The number of rotatable bonds is 2. The number of halogens is 1. The van der Waals surface area contributed by atoms with Gasteiger partial charge in [-0.25, -0.2) is 9.97 Å². The maximum Gasteiger partial charge on any atom is 0.134 e. The molecule has 1 aromatic heterocycles. The second kappa shape index (κ2) is 4.97. The largest absolute Gasteiger partial charge is 0.351 e.